The van der Waals surface area contributed by atoms with Crippen molar-refractivity contribution >= 4 is 38.9 Å². The second kappa shape index (κ2) is 9.48. The molecular formula is C19H21ClN2O5S. The molecule has 0 heterocycles. The van der Waals surface area contributed by atoms with Gasteiger partial charge in [-0.3, -0.25) is 9.10 Å². The molecule has 0 spiro atoms. The van der Waals surface area contributed by atoms with Crippen molar-refractivity contribution in [3.05, 3.63) is 60.1 Å². The smallest absolute Gasteiger partial charge is 0.245 e. The molecule has 0 aliphatic rings. The number of hydrogen-bond donors (Lipinski definition) is 1. The number of carbonyl (C=O) groups excluding carboxylic acids is 1. The van der Waals surface area contributed by atoms with Crippen LogP contribution in [-0.2, 0) is 14.8 Å². The van der Waals surface area contributed by atoms with Gasteiger partial charge < -0.3 is 14.8 Å². The number of methoxy groups -OCH3 is 1. The lowest BCUT2D eigenvalue weighted by molar-refractivity contribution is -0.114. The highest BCUT2D eigenvalue weighted by atomic mass is 35.5. The van der Waals surface area contributed by atoms with Gasteiger partial charge in [0.1, 0.15) is 24.7 Å². The first-order valence-electron chi connectivity index (χ1n) is 8.19. The second-order valence-corrected chi connectivity index (χ2v) is 8.08. The zero-order chi connectivity index (χ0) is 20.7. The van der Waals surface area contributed by atoms with Crippen LogP contribution >= 0.6 is 11.6 Å². The molecule has 7 nitrogen and oxygen atoms in total. The summed E-state index contributed by atoms with van der Waals surface area (Å²) < 4.78 is 35.8. The van der Waals surface area contributed by atoms with Crippen LogP contribution in [0.4, 0.5) is 11.4 Å². The fourth-order valence-corrected chi connectivity index (χ4v) is 3.46. The van der Waals surface area contributed by atoms with E-state index in [1.54, 1.807) is 30.3 Å². The van der Waals surface area contributed by atoms with Gasteiger partial charge in [0.15, 0.2) is 0 Å². The van der Waals surface area contributed by atoms with Crippen molar-refractivity contribution in [2.24, 2.45) is 0 Å². The Hall–Kier alpha value is -2.71. The lowest BCUT2D eigenvalue weighted by atomic mass is 10.3. The number of nitrogens with zero attached hydrogens (tertiary/aromatic N) is 1. The van der Waals surface area contributed by atoms with Gasteiger partial charge >= 0.3 is 0 Å². The first kappa shape index (κ1) is 21.6. The Balaban J connectivity index is 2.18. The number of carbonyl (C=O) groups is 1. The first-order chi connectivity index (χ1) is 13.2. The highest BCUT2D eigenvalue weighted by Crippen LogP contribution is 2.30. The standard InChI is InChI=1S/C19H21ClN2O5S/c1-4-10-27-16-7-5-6-14(11-16)21-19(23)13-22(28(3,24)25)15-8-9-18(26-2)17(20)12-15/h4-9,11-12H,1,10,13H2,2-3H3,(H,21,23). The minimum Gasteiger partial charge on any atom is -0.495 e. The number of benzene rings is 2. The molecule has 2 aromatic rings. The van der Waals surface area contributed by atoms with Crippen LogP contribution in [0.1, 0.15) is 0 Å². The molecule has 2 aromatic carbocycles. The fraction of sp³-hybridized carbons (Fsp3) is 0.211. The third-order valence-electron chi connectivity index (χ3n) is 3.60. The summed E-state index contributed by atoms with van der Waals surface area (Å²) in [5.41, 5.74) is 0.735. The molecule has 9 heteroatoms. The van der Waals surface area contributed by atoms with Gasteiger partial charge in [-0.15, -0.1) is 0 Å². The summed E-state index contributed by atoms with van der Waals surface area (Å²) in [6.07, 6.45) is 2.62. The fourth-order valence-electron chi connectivity index (χ4n) is 2.36. The Kier molecular flexibility index (Phi) is 7.31. The predicted molar refractivity (Wildman–Crippen MR) is 111 cm³/mol. The van der Waals surface area contributed by atoms with Gasteiger partial charge in [0, 0.05) is 11.8 Å². The highest BCUT2D eigenvalue weighted by molar-refractivity contribution is 7.92. The van der Waals surface area contributed by atoms with E-state index in [-0.39, 0.29) is 10.7 Å². The molecule has 0 saturated carbocycles. The van der Waals surface area contributed by atoms with Crippen LogP contribution in [0.15, 0.2) is 55.1 Å². The summed E-state index contributed by atoms with van der Waals surface area (Å²) in [5, 5.41) is 2.90. The van der Waals surface area contributed by atoms with Crippen molar-refractivity contribution in [3.63, 3.8) is 0 Å². The van der Waals surface area contributed by atoms with Crippen LogP contribution in [-0.4, -0.2) is 40.8 Å². The summed E-state index contributed by atoms with van der Waals surface area (Å²) in [4.78, 5) is 12.4. The van der Waals surface area contributed by atoms with Crippen LogP contribution < -0.4 is 19.1 Å². The molecule has 0 unspecified atom stereocenters. The van der Waals surface area contributed by atoms with E-state index in [0.29, 0.717) is 23.8 Å². The minimum absolute atomic E-state index is 0.237. The predicted octanol–water partition coefficient (Wildman–Crippen LogP) is 3.32. The largest absolute Gasteiger partial charge is 0.495 e. The minimum atomic E-state index is -3.72. The van der Waals surface area contributed by atoms with Crippen molar-refractivity contribution < 1.29 is 22.7 Å². The van der Waals surface area contributed by atoms with E-state index < -0.39 is 22.5 Å². The van der Waals surface area contributed by atoms with Crippen LogP contribution in [0.25, 0.3) is 0 Å². The molecule has 0 radical (unpaired) electrons. The van der Waals surface area contributed by atoms with E-state index in [1.807, 2.05) is 0 Å². The topological polar surface area (TPSA) is 84.9 Å². The molecule has 150 valence electrons. The molecule has 0 aliphatic carbocycles. The Labute approximate surface area is 169 Å². The monoisotopic (exact) mass is 424 g/mol. The normalized spacial score (nSPS) is 10.8. The maximum absolute atomic E-state index is 12.4. The molecule has 0 bridgehead atoms. The summed E-state index contributed by atoms with van der Waals surface area (Å²) >= 11 is 6.08. The number of ether oxygens (including phenoxy) is 2. The van der Waals surface area contributed by atoms with Gasteiger partial charge in [0.25, 0.3) is 0 Å². The lowest BCUT2D eigenvalue weighted by Crippen LogP contribution is -2.37. The Morgan fingerprint density at radius 2 is 2.04 bits per heavy atom. The summed E-state index contributed by atoms with van der Waals surface area (Å²) in [5.74, 6) is 0.442. The average Bonchev–Trinajstić information content (AvgIpc) is 2.64. The highest BCUT2D eigenvalue weighted by Gasteiger charge is 2.22. The maximum atomic E-state index is 12.4. The molecule has 0 aromatic heterocycles. The Bertz CT molecular complexity index is 963. The zero-order valence-corrected chi connectivity index (χ0v) is 17.1. The molecular weight excluding hydrogens is 404 g/mol. The molecule has 0 saturated heterocycles. The lowest BCUT2D eigenvalue weighted by Gasteiger charge is -2.22. The molecule has 0 atom stereocenters. The third-order valence-corrected chi connectivity index (χ3v) is 5.03. The number of amides is 1. The second-order valence-electron chi connectivity index (χ2n) is 5.76. The molecule has 1 amide bonds. The number of halogens is 1. The first-order valence-corrected chi connectivity index (χ1v) is 10.4. The summed E-state index contributed by atoms with van der Waals surface area (Å²) in [7, 11) is -2.27. The average molecular weight is 425 g/mol. The van der Waals surface area contributed by atoms with Gasteiger partial charge in [0.2, 0.25) is 15.9 Å². The molecule has 2 rings (SSSR count). The van der Waals surface area contributed by atoms with Gasteiger partial charge in [-0.2, -0.15) is 0 Å². The van der Waals surface area contributed by atoms with Gasteiger partial charge in [-0.1, -0.05) is 30.3 Å². The van der Waals surface area contributed by atoms with Crippen molar-refractivity contribution in [1.29, 1.82) is 0 Å². The van der Waals surface area contributed by atoms with Gasteiger partial charge in [-0.25, -0.2) is 8.42 Å². The summed E-state index contributed by atoms with van der Waals surface area (Å²) in [6, 6.07) is 11.2. The zero-order valence-electron chi connectivity index (χ0n) is 15.5. The molecule has 28 heavy (non-hydrogen) atoms. The number of hydrogen-bond acceptors (Lipinski definition) is 5. The number of rotatable bonds is 9. The van der Waals surface area contributed by atoms with Crippen LogP contribution in [0, 0.1) is 0 Å². The maximum Gasteiger partial charge on any atom is 0.245 e. The Morgan fingerprint density at radius 1 is 1.29 bits per heavy atom. The van der Waals surface area contributed by atoms with Gasteiger partial charge in [-0.05, 0) is 30.3 Å². The van der Waals surface area contributed by atoms with Crippen LogP contribution in [0.3, 0.4) is 0 Å². The van der Waals surface area contributed by atoms with Gasteiger partial charge in [0.05, 0.1) is 24.1 Å². The van der Waals surface area contributed by atoms with E-state index in [1.165, 1.54) is 25.3 Å². The third kappa shape index (κ3) is 5.90. The van der Waals surface area contributed by atoms with Crippen LogP contribution in [0.2, 0.25) is 5.02 Å². The van der Waals surface area contributed by atoms with Crippen LogP contribution in [0.5, 0.6) is 11.5 Å². The summed E-state index contributed by atoms with van der Waals surface area (Å²) in [6.45, 7) is 3.49. The van der Waals surface area contributed by atoms with Crippen molar-refractivity contribution in [3.8, 4) is 11.5 Å². The van der Waals surface area contributed by atoms with E-state index in [0.717, 1.165) is 10.6 Å². The number of anilines is 2. The molecule has 0 fully saturated rings. The van der Waals surface area contributed by atoms with E-state index >= 15 is 0 Å². The molecule has 1 N–H and O–H groups in total. The van der Waals surface area contributed by atoms with Crippen molar-refractivity contribution in [2.45, 2.75) is 0 Å². The van der Waals surface area contributed by atoms with Crippen molar-refractivity contribution in [2.75, 3.05) is 36.1 Å². The van der Waals surface area contributed by atoms with E-state index in [2.05, 4.69) is 11.9 Å². The molecule has 0 aliphatic heterocycles. The number of sulfonamides is 1. The van der Waals surface area contributed by atoms with Crippen molar-refractivity contribution in [1.82, 2.24) is 0 Å². The number of nitrogens with one attached hydrogen (secondary N) is 1. The van der Waals surface area contributed by atoms with E-state index in [9.17, 15) is 13.2 Å². The SMILES string of the molecule is C=CCOc1cccc(NC(=O)CN(c2ccc(OC)c(Cl)c2)S(C)(=O)=O)c1. The Morgan fingerprint density at radius 3 is 2.64 bits per heavy atom. The quantitative estimate of drug-likeness (QED) is 0.624. The van der Waals surface area contributed by atoms with E-state index in [4.69, 9.17) is 21.1 Å².